The van der Waals surface area contributed by atoms with Crippen LogP contribution in [0.15, 0.2) is 53.7 Å². The van der Waals surface area contributed by atoms with Gasteiger partial charge < -0.3 is 19.5 Å². The number of nitrogens with one attached hydrogen (secondary N) is 1. The summed E-state index contributed by atoms with van der Waals surface area (Å²) >= 11 is 0. The zero-order chi connectivity index (χ0) is 22.5. The Morgan fingerprint density at radius 1 is 1.06 bits per heavy atom. The van der Waals surface area contributed by atoms with E-state index in [9.17, 15) is 9.59 Å². The minimum absolute atomic E-state index is 0.0488. The molecule has 1 N–H and O–H groups in total. The molecule has 0 spiro atoms. The van der Waals surface area contributed by atoms with E-state index in [0.717, 1.165) is 16.7 Å². The van der Waals surface area contributed by atoms with Crippen molar-refractivity contribution in [2.75, 3.05) is 27.4 Å². The van der Waals surface area contributed by atoms with Gasteiger partial charge in [-0.1, -0.05) is 18.2 Å². The van der Waals surface area contributed by atoms with Gasteiger partial charge >= 0.3 is 12.0 Å². The second-order valence-corrected chi connectivity index (χ2v) is 7.33. The smallest absolute Gasteiger partial charge is 0.338 e. The van der Waals surface area contributed by atoms with E-state index < -0.39 is 12.0 Å². The van der Waals surface area contributed by atoms with Crippen LogP contribution in [0.3, 0.4) is 0 Å². The molecule has 0 unspecified atom stereocenters. The van der Waals surface area contributed by atoms with Gasteiger partial charge in [0.2, 0.25) is 0 Å². The number of hydrogen-bond acceptors (Lipinski definition) is 5. The van der Waals surface area contributed by atoms with Crippen molar-refractivity contribution in [2.24, 2.45) is 0 Å². The molecule has 1 atom stereocenters. The van der Waals surface area contributed by atoms with E-state index in [0.29, 0.717) is 22.8 Å². The maximum atomic E-state index is 12.9. The Kier molecular flexibility index (Phi) is 6.84. The molecule has 1 aliphatic heterocycles. The van der Waals surface area contributed by atoms with Crippen LogP contribution in [0.1, 0.15) is 29.7 Å². The van der Waals surface area contributed by atoms with Crippen molar-refractivity contribution in [1.82, 2.24) is 10.2 Å². The molecule has 1 heterocycles. The number of esters is 1. The van der Waals surface area contributed by atoms with Gasteiger partial charge in [0, 0.05) is 7.05 Å². The first kappa shape index (κ1) is 22.2. The van der Waals surface area contributed by atoms with Crippen molar-refractivity contribution in [3.8, 4) is 11.5 Å². The van der Waals surface area contributed by atoms with Crippen LogP contribution in [0.5, 0.6) is 11.5 Å². The Balaban J connectivity index is 2.01. The number of aryl methyl sites for hydroxylation is 2. The van der Waals surface area contributed by atoms with E-state index in [4.69, 9.17) is 14.2 Å². The molecule has 2 aromatic carbocycles. The zero-order valence-electron chi connectivity index (χ0n) is 18.5. The number of carbonyl (C=O) groups is 2. The van der Waals surface area contributed by atoms with E-state index in [-0.39, 0.29) is 19.2 Å². The average Bonchev–Trinajstić information content (AvgIpc) is 2.77. The summed E-state index contributed by atoms with van der Waals surface area (Å²) in [6.45, 7) is 6.05. The van der Waals surface area contributed by atoms with Crippen LogP contribution in [0.25, 0.3) is 0 Å². The van der Waals surface area contributed by atoms with Crippen LogP contribution in [0, 0.1) is 13.8 Å². The van der Waals surface area contributed by atoms with Gasteiger partial charge in [-0.05, 0) is 61.7 Å². The molecule has 7 nitrogen and oxygen atoms in total. The topological polar surface area (TPSA) is 77.1 Å². The summed E-state index contributed by atoms with van der Waals surface area (Å²) in [5.74, 6) is 0.857. The number of benzene rings is 2. The summed E-state index contributed by atoms with van der Waals surface area (Å²) in [5, 5.41) is 2.89. The minimum Gasteiger partial charge on any atom is -0.497 e. The molecular formula is C24H28N2O5. The highest BCUT2D eigenvalue weighted by Crippen LogP contribution is 2.32. The number of ether oxygens (including phenoxy) is 3. The maximum absolute atomic E-state index is 12.9. The van der Waals surface area contributed by atoms with Crippen molar-refractivity contribution >= 4 is 12.0 Å². The van der Waals surface area contributed by atoms with Gasteiger partial charge in [-0.2, -0.15) is 0 Å². The predicted molar refractivity (Wildman–Crippen MR) is 117 cm³/mol. The SMILES string of the molecule is CCOC(=O)C1=C(COc2ccc(C)c(C)c2)N(C)C(=O)N[C@H]1c1ccc(OC)cc1. The van der Waals surface area contributed by atoms with Gasteiger partial charge in [0.1, 0.15) is 18.1 Å². The molecule has 0 bridgehead atoms. The van der Waals surface area contributed by atoms with Gasteiger partial charge in [0.05, 0.1) is 31.0 Å². The van der Waals surface area contributed by atoms with Crippen LogP contribution in [0.2, 0.25) is 0 Å². The molecule has 0 aromatic heterocycles. The van der Waals surface area contributed by atoms with Gasteiger partial charge in [-0.25, -0.2) is 9.59 Å². The number of hydrogen-bond donors (Lipinski definition) is 1. The molecule has 31 heavy (non-hydrogen) atoms. The average molecular weight is 424 g/mol. The standard InChI is InChI=1S/C24H28N2O5/c1-6-30-23(27)21-20(14-31-19-10-7-15(2)16(3)13-19)26(4)24(28)25-22(21)17-8-11-18(29-5)12-9-17/h7-13,22H,6,14H2,1-5H3,(H,25,28)/t22-/m0/s1. The third kappa shape index (κ3) is 4.82. The maximum Gasteiger partial charge on any atom is 0.338 e. The number of methoxy groups -OCH3 is 1. The molecule has 164 valence electrons. The van der Waals surface area contributed by atoms with E-state index in [1.54, 1.807) is 33.2 Å². The highest BCUT2D eigenvalue weighted by atomic mass is 16.5. The lowest BCUT2D eigenvalue weighted by atomic mass is 9.94. The van der Waals surface area contributed by atoms with Crippen LogP contribution in [-0.2, 0) is 9.53 Å². The summed E-state index contributed by atoms with van der Waals surface area (Å²) in [6.07, 6.45) is 0. The number of rotatable bonds is 7. The number of likely N-dealkylation sites (N-methyl/N-ethyl adjacent to an activating group) is 1. The third-order valence-electron chi connectivity index (χ3n) is 5.38. The van der Waals surface area contributed by atoms with Crippen molar-refractivity contribution in [3.05, 3.63) is 70.4 Å². The van der Waals surface area contributed by atoms with E-state index in [2.05, 4.69) is 5.32 Å². The van der Waals surface area contributed by atoms with Crippen LogP contribution >= 0.6 is 0 Å². The van der Waals surface area contributed by atoms with Gasteiger partial charge in [-0.15, -0.1) is 0 Å². The molecule has 2 amide bonds. The number of urea groups is 1. The van der Waals surface area contributed by atoms with Crippen molar-refractivity contribution < 1.29 is 23.8 Å². The highest BCUT2D eigenvalue weighted by molar-refractivity contribution is 5.95. The number of nitrogens with zero attached hydrogens (tertiary/aromatic N) is 1. The summed E-state index contributed by atoms with van der Waals surface area (Å²) in [4.78, 5) is 27.0. The van der Waals surface area contributed by atoms with Gasteiger partial charge in [-0.3, -0.25) is 4.90 Å². The summed E-state index contributed by atoms with van der Waals surface area (Å²) in [6, 6.07) is 12.0. The summed E-state index contributed by atoms with van der Waals surface area (Å²) in [7, 11) is 3.19. The molecule has 0 fully saturated rings. The fraction of sp³-hybridized carbons (Fsp3) is 0.333. The predicted octanol–water partition coefficient (Wildman–Crippen LogP) is 3.90. The van der Waals surface area contributed by atoms with Crippen molar-refractivity contribution in [3.63, 3.8) is 0 Å². The zero-order valence-corrected chi connectivity index (χ0v) is 18.5. The monoisotopic (exact) mass is 424 g/mol. The van der Waals surface area contributed by atoms with Gasteiger partial charge in [0.15, 0.2) is 0 Å². The molecule has 2 aromatic rings. The first-order valence-electron chi connectivity index (χ1n) is 10.1. The molecule has 0 aliphatic carbocycles. The summed E-state index contributed by atoms with van der Waals surface area (Å²) in [5.41, 5.74) is 3.81. The normalized spacial score (nSPS) is 16.1. The Hall–Kier alpha value is -3.48. The number of amides is 2. The molecular weight excluding hydrogens is 396 g/mol. The van der Waals surface area contributed by atoms with Crippen LogP contribution in [-0.4, -0.2) is 44.3 Å². The Morgan fingerprint density at radius 3 is 2.35 bits per heavy atom. The van der Waals surface area contributed by atoms with Gasteiger partial charge in [0.25, 0.3) is 0 Å². The van der Waals surface area contributed by atoms with Crippen molar-refractivity contribution in [1.29, 1.82) is 0 Å². The Morgan fingerprint density at radius 2 is 1.74 bits per heavy atom. The second kappa shape index (κ2) is 9.55. The minimum atomic E-state index is -0.660. The molecule has 0 radical (unpaired) electrons. The number of carbonyl (C=O) groups excluding carboxylic acids is 2. The fourth-order valence-corrected chi connectivity index (χ4v) is 3.38. The molecule has 7 heteroatoms. The fourth-order valence-electron chi connectivity index (χ4n) is 3.38. The molecule has 1 aliphatic rings. The van der Waals surface area contributed by atoms with E-state index in [1.807, 2.05) is 44.2 Å². The third-order valence-corrected chi connectivity index (χ3v) is 5.38. The highest BCUT2D eigenvalue weighted by Gasteiger charge is 2.37. The largest absolute Gasteiger partial charge is 0.497 e. The quantitative estimate of drug-likeness (QED) is 0.682. The molecule has 3 rings (SSSR count). The molecule has 0 saturated carbocycles. The Labute approximate surface area is 182 Å². The van der Waals surface area contributed by atoms with E-state index >= 15 is 0 Å². The lowest BCUT2D eigenvalue weighted by molar-refractivity contribution is -0.139. The van der Waals surface area contributed by atoms with Crippen molar-refractivity contribution in [2.45, 2.75) is 26.8 Å². The van der Waals surface area contributed by atoms with Crippen LogP contribution in [0.4, 0.5) is 4.79 Å². The first-order valence-corrected chi connectivity index (χ1v) is 10.1. The second-order valence-electron chi connectivity index (χ2n) is 7.33. The first-order chi connectivity index (χ1) is 14.8. The van der Waals surface area contributed by atoms with E-state index in [1.165, 1.54) is 4.90 Å². The van der Waals surface area contributed by atoms with Crippen LogP contribution < -0.4 is 14.8 Å². The lowest BCUT2D eigenvalue weighted by Gasteiger charge is -2.34. The Bertz CT molecular complexity index is 998. The lowest BCUT2D eigenvalue weighted by Crippen LogP contribution is -2.48. The summed E-state index contributed by atoms with van der Waals surface area (Å²) < 4.78 is 16.5. The molecule has 0 saturated heterocycles.